The van der Waals surface area contributed by atoms with Gasteiger partial charge in [0.1, 0.15) is 0 Å². The van der Waals surface area contributed by atoms with E-state index in [1.807, 2.05) is 0 Å². The van der Waals surface area contributed by atoms with Gasteiger partial charge in [-0.05, 0) is 37.1 Å². The van der Waals surface area contributed by atoms with E-state index in [9.17, 15) is 13.2 Å². The Morgan fingerprint density at radius 2 is 1.77 bits per heavy atom. The number of carbonyl (C=O) groups is 1. The van der Waals surface area contributed by atoms with Crippen LogP contribution in [-0.4, -0.2) is 42.9 Å². The molecule has 8 nitrogen and oxygen atoms in total. The standard InChI is InChI=1S/C17H22N4O4S/c1-21(2)26(23,24)14-10-8-13(9-11-14)16-19-20-17(25-16)18-15(22)12-6-4-3-5-7-12/h8-12H,3-7H2,1-2H3,(H,18,20,22). The summed E-state index contributed by atoms with van der Waals surface area (Å²) >= 11 is 0. The predicted octanol–water partition coefficient (Wildman–Crippen LogP) is 2.51. The van der Waals surface area contributed by atoms with Gasteiger partial charge in [0.05, 0.1) is 4.90 Å². The second kappa shape index (κ2) is 7.55. The largest absolute Gasteiger partial charge is 0.403 e. The van der Waals surface area contributed by atoms with Gasteiger partial charge in [0.25, 0.3) is 0 Å². The van der Waals surface area contributed by atoms with Crippen molar-refractivity contribution in [3.8, 4) is 11.5 Å². The third-order valence-electron chi connectivity index (χ3n) is 4.51. The summed E-state index contributed by atoms with van der Waals surface area (Å²) in [5, 5.41) is 10.4. The van der Waals surface area contributed by atoms with Crippen molar-refractivity contribution in [1.29, 1.82) is 0 Å². The summed E-state index contributed by atoms with van der Waals surface area (Å²) in [6.07, 6.45) is 5.07. The molecule has 0 radical (unpaired) electrons. The molecule has 2 aromatic rings. The normalized spacial score (nSPS) is 16.0. The number of nitrogens with one attached hydrogen (secondary N) is 1. The van der Waals surface area contributed by atoms with Gasteiger partial charge in [-0.15, -0.1) is 5.10 Å². The van der Waals surface area contributed by atoms with Crippen LogP contribution in [-0.2, 0) is 14.8 Å². The lowest BCUT2D eigenvalue weighted by Crippen LogP contribution is -2.24. The predicted molar refractivity (Wildman–Crippen MR) is 95.8 cm³/mol. The van der Waals surface area contributed by atoms with Crippen LogP contribution < -0.4 is 5.32 Å². The minimum Gasteiger partial charge on any atom is -0.403 e. The van der Waals surface area contributed by atoms with Gasteiger partial charge in [-0.25, -0.2) is 12.7 Å². The second-order valence-corrected chi connectivity index (χ2v) is 8.70. The van der Waals surface area contributed by atoms with Crippen molar-refractivity contribution >= 4 is 21.9 Å². The van der Waals surface area contributed by atoms with E-state index in [0.29, 0.717) is 5.56 Å². The molecule has 1 amide bonds. The number of rotatable bonds is 5. The van der Waals surface area contributed by atoms with Crippen LogP contribution in [0.15, 0.2) is 33.6 Å². The van der Waals surface area contributed by atoms with Gasteiger partial charge in [-0.3, -0.25) is 10.1 Å². The van der Waals surface area contributed by atoms with Gasteiger partial charge in [-0.2, -0.15) is 0 Å². The van der Waals surface area contributed by atoms with E-state index in [1.54, 1.807) is 12.1 Å². The molecular formula is C17H22N4O4S. The molecule has 1 aliphatic rings. The number of anilines is 1. The average Bonchev–Trinajstić information content (AvgIpc) is 3.11. The van der Waals surface area contributed by atoms with Crippen molar-refractivity contribution in [1.82, 2.24) is 14.5 Å². The van der Waals surface area contributed by atoms with Crippen molar-refractivity contribution in [2.24, 2.45) is 5.92 Å². The highest BCUT2D eigenvalue weighted by Gasteiger charge is 2.23. The summed E-state index contributed by atoms with van der Waals surface area (Å²) < 4.78 is 30.8. The molecule has 1 aliphatic carbocycles. The maximum absolute atomic E-state index is 12.2. The zero-order valence-electron chi connectivity index (χ0n) is 14.8. The Morgan fingerprint density at radius 3 is 2.38 bits per heavy atom. The Kier molecular flexibility index (Phi) is 5.38. The Bertz CT molecular complexity index is 868. The lowest BCUT2D eigenvalue weighted by molar-refractivity contribution is -0.120. The highest BCUT2D eigenvalue weighted by atomic mass is 32.2. The van der Waals surface area contributed by atoms with Gasteiger partial charge in [0.2, 0.25) is 21.8 Å². The smallest absolute Gasteiger partial charge is 0.322 e. The first-order valence-corrected chi connectivity index (χ1v) is 9.99. The van der Waals surface area contributed by atoms with Gasteiger partial charge in [0.15, 0.2) is 0 Å². The first kappa shape index (κ1) is 18.5. The maximum Gasteiger partial charge on any atom is 0.322 e. The van der Waals surface area contributed by atoms with E-state index in [2.05, 4.69) is 15.5 Å². The lowest BCUT2D eigenvalue weighted by atomic mass is 9.89. The Balaban J connectivity index is 1.70. The van der Waals surface area contributed by atoms with Crippen LogP contribution in [0.25, 0.3) is 11.5 Å². The van der Waals surface area contributed by atoms with Crippen LogP contribution in [0.1, 0.15) is 32.1 Å². The molecule has 0 atom stereocenters. The van der Waals surface area contributed by atoms with E-state index in [0.717, 1.165) is 30.0 Å². The molecule has 0 bridgehead atoms. The average molecular weight is 378 g/mol. The lowest BCUT2D eigenvalue weighted by Gasteiger charge is -2.19. The minimum atomic E-state index is -3.49. The molecular weight excluding hydrogens is 356 g/mol. The monoisotopic (exact) mass is 378 g/mol. The minimum absolute atomic E-state index is 0.00498. The van der Waals surface area contributed by atoms with Crippen LogP contribution >= 0.6 is 0 Å². The molecule has 0 spiro atoms. The molecule has 1 heterocycles. The van der Waals surface area contributed by atoms with Crippen molar-refractivity contribution in [3.63, 3.8) is 0 Å². The van der Waals surface area contributed by atoms with E-state index in [4.69, 9.17) is 4.42 Å². The molecule has 0 unspecified atom stereocenters. The fourth-order valence-electron chi connectivity index (χ4n) is 2.94. The van der Waals surface area contributed by atoms with E-state index >= 15 is 0 Å². The Morgan fingerprint density at radius 1 is 1.12 bits per heavy atom. The number of hydrogen-bond donors (Lipinski definition) is 1. The number of sulfonamides is 1. The fraction of sp³-hybridized carbons (Fsp3) is 0.471. The Labute approximate surface area is 152 Å². The van der Waals surface area contributed by atoms with Crippen LogP contribution in [0.4, 0.5) is 6.01 Å². The molecule has 1 aromatic carbocycles. The van der Waals surface area contributed by atoms with Crippen molar-refractivity contribution in [2.45, 2.75) is 37.0 Å². The first-order valence-electron chi connectivity index (χ1n) is 8.55. The highest BCUT2D eigenvalue weighted by Crippen LogP contribution is 2.26. The number of hydrogen-bond acceptors (Lipinski definition) is 6. The molecule has 140 valence electrons. The molecule has 1 N–H and O–H groups in total. The van der Waals surface area contributed by atoms with Gasteiger partial charge >= 0.3 is 6.01 Å². The molecule has 9 heteroatoms. The fourth-order valence-corrected chi connectivity index (χ4v) is 3.84. The Hall–Kier alpha value is -2.26. The van der Waals surface area contributed by atoms with Crippen LogP contribution in [0, 0.1) is 5.92 Å². The summed E-state index contributed by atoms with van der Waals surface area (Å²) in [4.78, 5) is 12.4. The SMILES string of the molecule is CN(C)S(=O)(=O)c1ccc(-c2nnc(NC(=O)C3CCCCC3)o2)cc1. The summed E-state index contributed by atoms with van der Waals surface area (Å²) in [7, 11) is -0.540. The molecule has 26 heavy (non-hydrogen) atoms. The van der Waals surface area contributed by atoms with E-state index in [-0.39, 0.29) is 28.6 Å². The molecule has 1 aromatic heterocycles. The number of aromatic nitrogens is 2. The zero-order chi connectivity index (χ0) is 18.7. The van der Waals surface area contributed by atoms with Crippen molar-refractivity contribution < 1.29 is 17.6 Å². The number of amides is 1. The van der Waals surface area contributed by atoms with E-state index < -0.39 is 10.0 Å². The molecule has 0 aliphatic heterocycles. The number of carbonyl (C=O) groups excluding carboxylic acids is 1. The summed E-state index contributed by atoms with van der Waals surface area (Å²) in [5.74, 6) is 0.125. The number of benzene rings is 1. The van der Waals surface area contributed by atoms with Crippen molar-refractivity contribution in [2.75, 3.05) is 19.4 Å². The van der Waals surface area contributed by atoms with E-state index in [1.165, 1.54) is 32.6 Å². The van der Waals surface area contributed by atoms with Gasteiger partial charge in [-0.1, -0.05) is 24.4 Å². The van der Waals surface area contributed by atoms with Crippen LogP contribution in [0.2, 0.25) is 0 Å². The summed E-state index contributed by atoms with van der Waals surface area (Å²) in [5.41, 5.74) is 0.577. The van der Waals surface area contributed by atoms with Crippen LogP contribution in [0.3, 0.4) is 0 Å². The number of nitrogens with zero attached hydrogens (tertiary/aromatic N) is 3. The molecule has 1 fully saturated rings. The third-order valence-corrected chi connectivity index (χ3v) is 6.34. The highest BCUT2D eigenvalue weighted by molar-refractivity contribution is 7.89. The zero-order valence-corrected chi connectivity index (χ0v) is 15.6. The second-order valence-electron chi connectivity index (χ2n) is 6.55. The summed E-state index contributed by atoms with van der Waals surface area (Å²) in [6.45, 7) is 0. The van der Waals surface area contributed by atoms with Crippen molar-refractivity contribution in [3.05, 3.63) is 24.3 Å². The van der Waals surface area contributed by atoms with Gasteiger partial charge < -0.3 is 4.42 Å². The summed E-state index contributed by atoms with van der Waals surface area (Å²) in [6, 6.07) is 6.21. The third kappa shape index (κ3) is 3.94. The van der Waals surface area contributed by atoms with Gasteiger partial charge in [0, 0.05) is 25.6 Å². The first-order chi connectivity index (χ1) is 12.4. The maximum atomic E-state index is 12.2. The molecule has 1 saturated carbocycles. The molecule has 0 saturated heterocycles. The quantitative estimate of drug-likeness (QED) is 0.857. The topological polar surface area (TPSA) is 105 Å². The van der Waals surface area contributed by atoms with Crippen LogP contribution in [0.5, 0.6) is 0 Å². The molecule has 3 rings (SSSR count).